The highest BCUT2D eigenvalue weighted by molar-refractivity contribution is 8.18. The van der Waals surface area contributed by atoms with Crippen molar-refractivity contribution >= 4 is 63.8 Å². The lowest BCUT2D eigenvalue weighted by Crippen LogP contribution is -2.27. The van der Waals surface area contributed by atoms with Gasteiger partial charge in [-0.2, -0.15) is 0 Å². The van der Waals surface area contributed by atoms with E-state index in [9.17, 15) is 9.59 Å². The van der Waals surface area contributed by atoms with Gasteiger partial charge in [-0.3, -0.25) is 14.5 Å². The summed E-state index contributed by atoms with van der Waals surface area (Å²) in [5, 5.41) is 0.746. The monoisotopic (exact) mass is 485 g/mol. The van der Waals surface area contributed by atoms with Gasteiger partial charge in [0.15, 0.2) is 11.5 Å². The molecule has 1 saturated heterocycles. The van der Waals surface area contributed by atoms with Crippen LogP contribution in [0.25, 0.3) is 6.08 Å². The molecule has 0 atom stereocenters. The quantitative estimate of drug-likeness (QED) is 0.409. The number of hydrogen-bond acceptors (Lipinski definition) is 5. The molecule has 0 radical (unpaired) electrons. The number of carbonyl (C=O) groups is 2. The summed E-state index contributed by atoms with van der Waals surface area (Å²) in [4.78, 5) is 26.7. The number of thioether (sulfide) groups is 1. The number of halogens is 3. The summed E-state index contributed by atoms with van der Waals surface area (Å²) in [6.07, 6.45) is 1.60. The van der Waals surface area contributed by atoms with Crippen LogP contribution in [-0.2, 0) is 11.3 Å². The fourth-order valence-corrected chi connectivity index (χ4v) is 4.48. The first kappa shape index (κ1) is 22.8. The van der Waals surface area contributed by atoms with E-state index in [2.05, 4.69) is 0 Å². The lowest BCUT2D eigenvalue weighted by Gasteiger charge is -2.15. The Morgan fingerprint density at radius 2 is 1.67 bits per heavy atom. The zero-order valence-electron chi connectivity index (χ0n) is 16.2. The van der Waals surface area contributed by atoms with Crippen LogP contribution in [0.1, 0.15) is 25.0 Å². The third kappa shape index (κ3) is 4.89. The van der Waals surface area contributed by atoms with Gasteiger partial charge in [-0.25, -0.2) is 0 Å². The first-order chi connectivity index (χ1) is 14.3. The van der Waals surface area contributed by atoms with Gasteiger partial charge in [0, 0.05) is 15.6 Å². The SMILES string of the molecule is CCOc1cc(/C=C2/SC(=O)N(Cc3c(Cl)cccc3Cl)C2=O)cc(Cl)c1OCC. The number of ether oxygens (including phenoxy) is 2. The Balaban J connectivity index is 1.90. The van der Waals surface area contributed by atoms with E-state index in [1.807, 2.05) is 13.8 Å². The van der Waals surface area contributed by atoms with Crippen LogP contribution in [-0.4, -0.2) is 29.3 Å². The molecule has 0 unspecified atom stereocenters. The van der Waals surface area contributed by atoms with Crippen LogP contribution in [0.15, 0.2) is 35.2 Å². The minimum absolute atomic E-state index is 0.00522. The zero-order chi connectivity index (χ0) is 21.8. The number of carbonyl (C=O) groups excluding carboxylic acids is 2. The average molecular weight is 487 g/mol. The molecule has 30 heavy (non-hydrogen) atoms. The molecule has 0 saturated carbocycles. The number of imide groups is 1. The first-order valence-electron chi connectivity index (χ1n) is 9.13. The second-order valence-corrected chi connectivity index (χ2v) is 8.38. The summed E-state index contributed by atoms with van der Waals surface area (Å²) in [7, 11) is 0. The van der Waals surface area contributed by atoms with Crippen LogP contribution in [0.3, 0.4) is 0 Å². The zero-order valence-corrected chi connectivity index (χ0v) is 19.3. The molecule has 3 rings (SSSR count). The molecule has 0 aromatic heterocycles. The maximum absolute atomic E-state index is 12.9. The fraction of sp³-hybridized carbons (Fsp3) is 0.238. The van der Waals surface area contributed by atoms with Crippen LogP contribution in [0, 0.1) is 0 Å². The van der Waals surface area contributed by atoms with E-state index < -0.39 is 11.1 Å². The van der Waals surface area contributed by atoms with Gasteiger partial charge < -0.3 is 9.47 Å². The van der Waals surface area contributed by atoms with Crippen molar-refractivity contribution in [1.29, 1.82) is 0 Å². The standard InChI is InChI=1S/C21H18Cl3NO4S/c1-3-28-17-9-12(8-16(24)19(17)29-4-2)10-18-20(26)25(21(27)30-18)11-13-14(22)6-5-7-15(13)23/h5-10H,3-4,11H2,1-2H3/b18-10+. The van der Waals surface area contributed by atoms with Gasteiger partial charge in [-0.05, 0) is 61.5 Å². The molecule has 1 aliphatic heterocycles. The smallest absolute Gasteiger partial charge is 0.293 e. The lowest BCUT2D eigenvalue weighted by molar-refractivity contribution is -0.123. The van der Waals surface area contributed by atoms with Crippen molar-refractivity contribution in [2.75, 3.05) is 13.2 Å². The third-order valence-electron chi connectivity index (χ3n) is 4.17. The van der Waals surface area contributed by atoms with Crippen molar-refractivity contribution in [1.82, 2.24) is 4.90 Å². The molecule has 0 spiro atoms. The Morgan fingerprint density at radius 1 is 1.00 bits per heavy atom. The predicted octanol–water partition coefficient (Wildman–Crippen LogP) is 6.68. The van der Waals surface area contributed by atoms with Crippen LogP contribution in [0.5, 0.6) is 11.5 Å². The number of rotatable bonds is 7. The Morgan fingerprint density at radius 3 is 2.30 bits per heavy atom. The second-order valence-electron chi connectivity index (χ2n) is 6.16. The summed E-state index contributed by atoms with van der Waals surface area (Å²) in [6.45, 7) is 4.55. The Bertz CT molecular complexity index is 1010. The van der Waals surface area contributed by atoms with Gasteiger partial charge in [0.25, 0.3) is 11.1 Å². The molecule has 2 aromatic rings. The maximum Gasteiger partial charge on any atom is 0.293 e. The first-order valence-corrected chi connectivity index (χ1v) is 11.1. The van der Waals surface area contributed by atoms with E-state index >= 15 is 0 Å². The second kappa shape index (κ2) is 9.96. The Hall–Kier alpha value is -1.86. The normalized spacial score (nSPS) is 15.2. The average Bonchev–Trinajstić information content (AvgIpc) is 2.94. The number of amides is 2. The number of hydrogen-bond donors (Lipinski definition) is 0. The number of nitrogens with zero attached hydrogens (tertiary/aromatic N) is 1. The highest BCUT2D eigenvalue weighted by atomic mass is 35.5. The highest BCUT2D eigenvalue weighted by Crippen LogP contribution is 2.40. The third-order valence-corrected chi connectivity index (χ3v) is 6.07. The summed E-state index contributed by atoms with van der Waals surface area (Å²) < 4.78 is 11.2. The van der Waals surface area contributed by atoms with Crippen molar-refractivity contribution in [2.45, 2.75) is 20.4 Å². The van der Waals surface area contributed by atoms with E-state index in [1.54, 1.807) is 36.4 Å². The van der Waals surface area contributed by atoms with Crippen molar-refractivity contribution < 1.29 is 19.1 Å². The van der Waals surface area contributed by atoms with E-state index in [1.165, 1.54) is 0 Å². The molecular weight excluding hydrogens is 469 g/mol. The van der Waals surface area contributed by atoms with E-state index in [4.69, 9.17) is 44.3 Å². The molecule has 5 nitrogen and oxygen atoms in total. The summed E-state index contributed by atoms with van der Waals surface area (Å²) in [6, 6.07) is 8.41. The van der Waals surface area contributed by atoms with Crippen molar-refractivity contribution in [3.63, 3.8) is 0 Å². The summed E-state index contributed by atoms with van der Waals surface area (Å²) in [5.74, 6) is 0.490. The van der Waals surface area contributed by atoms with Gasteiger partial charge >= 0.3 is 0 Å². The van der Waals surface area contributed by atoms with Gasteiger partial charge in [0.1, 0.15) is 0 Å². The molecule has 1 fully saturated rings. The van der Waals surface area contributed by atoms with Gasteiger partial charge in [-0.1, -0.05) is 40.9 Å². The van der Waals surface area contributed by atoms with Crippen LogP contribution < -0.4 is 9.47 Å². The molecule has 1 aliphatic rings. The molecule has 2 amide bonds. The Kier molecular flexibility index (Phi) is 7.58. The molecule has 9 heteroatoms. The van der Waals surface area contributed by atoms with Gasteiger partial charge in [0.2, 0.25) is 0 Å². The molecular formula is C21H18Cl3NO4S. The summed E-state index contributed by atoms with van der Waals surface area (Å²) >= 11 is 19.5. The van der Waals surface area contributed by atoms with Crippen molar-refractivity contribution in [3.05, 3.63) is 61.4 Å². The van der Waals surface area contributed by atoms with E-state index in [0.29, 0.717) is 50.9 Å². The lowest BCUT2D eigenvalue weighted by atomic mass is 10.1. The summed E-state index contributed by atoms with van der Waals surface area (Å²) in [5.41, 5.74) is 1.14. The predicted molar refractivity (Wildman–Crippen MR) is 122 cm³/mol. The van der Waals surface area contributed by atoms with Gasteiger partial charge in [-0.15, -0.1) is 0 Å². The molecule has 0 N–H and O–H groups in total. The molecule has 0 aliphatic carbocycles. The van der Waals surface area contributed by atoms with Crippen molar-refractivity contribution in [2.24, 2.45) is 0 Å². The van der Waals surface area contributed by atoms with Crippen molar-refractivity contribution in [3.8, 4) is 11.5 Å². The highest BCUT2D eigenvalue weighted by Gasteiger charge is 2.35. The van der Waals surface area contributed by atoms with E-state index in [0.717, 1.165) is 16.7 Å². The molecule has 2 aromatic carbocycles. The molecule has 1 heterocycles. The van der Waals surface area contributed by atoms with Crippen LogP contribution >= 0.6 is 46.6 Å². The molecule has 0 bridgehead atoms. The minimum Gasteiger partial charge on any atom is -0.490 e. The number of benzene rings is 2. The van der Waals surface area contributed by atoms with E-state index in [-0.39, 0.29) is 11.4 Å². The fourth-order valence-electron chi connectivity index (χ4n) is 2.85. The Labute approximate surface area is 193 Å². The topological polar surface area (TPSA) is 55.8 Å². The van der Waals surface area contributed by atoms with Crippen LogP contribution in [0.2, 0.25) is 15.1 Å². The largest absolute Gasteiger partial charge is 0.490 e. The minimum atomic E-state index is -0.427. The molecule has 158 valence electrons. The van der Waals surface area contributed by atoms with Gasteiger partial charge in [0.05, 0.1) is 29.7 Å². The maximum atomic E-state index is 12.9. The van der Waals surface area contributed by atoms with Crippen LogP contribution in [0.4, 0.5) is 4.79 Å².